The van der Waals surface area contributed by atoms with Crippen LogP contribution in [0.5, 0.6) is 0 Å². The summed E-state index contributed by atoms with van der Waals surface area (Å²) < 4.78 is 0. The quantitative estimate of drug-likeness (QED) is 0.262. The zero-order chi connectivity index (χ0) is 17.2. The number of aliphatic hydroxyl groups is 1. The van der Waals surface area contributed by atoms with Gasteiger partial charge in [0.1, 0.15) is 0 Å². The van der Waals surface area contributed by atoms with Crippen LogP contribution < -0.4 is 0 Å². The average molecular weight is 345 g/mol. The molecule has 0 fully saturated rings. The molecule has 0 aromatic rings. The summed E-state index contributed by atoms with van der Waals surface area (Å²) in [4.78, 5) is 0. The third-order valence-electron chi connectivity index (χ3n) is 4.71. The van der Waals surface area contributed by atoms with Gasteiger partial charge in [-0.2, -0.15) is 11.8 Å². The molecule has 1 N–H and O–H groups in total. The van der Waals surface area contributed by atoms with Crippen molar-refractivity contribution in [1.82, 2.24) is 0 Å². The normalized spacial score (nSPS) is 14.1. The fourth-order valence-corrected chi connectivity index (χ4v) is 4.35. The first-order valence-corrected chi connectivity index (χ1v) is 11.6. The highest BCUT2D eigenvalue weighted by Crippen LogP contribution is 2.23. The van der Waals surface area contributed by atoms with Gasteiger partial charge in [0.15, 0.2) is 0 Å². The van der Waals surface area contributed by atoms with Crippen LogP contribution in [0.3, 0.4) is 0 Å². The molecule has 0 aliphatic rings. The van der Waals surface area contributed by atoms with Crippen molar-refractivity contribution in [3.05, 3.63) is 0 Å². The van der Waals surface area contributed by atoms with Crippen molar-refractivity contribution < 1.29 is 5.11 Å². The lowest BCUT2D eigenvalue weighted by Gasteiger charge is -2.19. The standard InChI is InChI=1S/C21H44OS/c1-4-6-8-10-11-12-13-15-17-19-23-21(20(3)22)18-16-14-9-7-5-2/h20-22H,4-19H2,1-3H3. The number of rotatable bonds is 18. The van der Waals surface area contributed by atoms with E-state index in [-0.39, 0.29) is 6.10 Å². The maximum Gasteiger partial charge on any atom is 0.0630 e. The SMILES string of the molecule is CCCCCCCCCCCSC(CCCCCCC)C(C)O. The highest BCUT2D eigenvalue weighted by atomic mass is 32.2. The highest BCUT2D eigenvalue weighted by molar-refractivity contribution is 7.99. The van der Waals surface area contributed by atoms with Crippen molar-refractivity contribution in [2.45, 2.75) is 128 Å². The number of hydrogen-bond donors (Lipinski definition) is 1. The van der Waals surface area contributed by atoms with E-state index in [0.717, 1.165) is 0 Å². The molecule has 2 heteroatoms. The summed E-state index contributed by atoms with van der Waals surface area (Å²) in [6.07, 6.45) is 20.3. The zero-order valence-electron chi connectivity index (χ0n) is 16.3. The van der Waals surface area contributed by atoms with Gasteiger partial charge in [0.25, 0.3) is 0 Å². The molecular formula is C21H44OS. The van der Waals surface area contributed by atoms with Crippen LogP contribution in [0.25, 0.3) is 0 Å². The first-order chi connectivity index (χ1) is 11.2. The van der Waals surface area contributed by atoms with E-state index in [1.807, 2.05) is 18.7 Å². The summed E-state index contributed by atoms with van der Waals surface area (Å²) >= 11 is 2.02. The number of hydrogen-bond acceptors (Lipinski definition) is 2. The molecule has 0 aliphatic carbocycles. The predicted octanol–water partition coefficient (Wildman–Crippen LogP) is 7.36. The Morgan fingerprint density at radius 2 is 1.09 bits per heavy atom. The minimum Gasteiger partial charge on any atom is -0.392 e. The van der Waals surface area contributed by atoms with E-state index in [9.17, 15) is 5.11 Å². The van der Waals surface area contributed by atoms with Crippen LogP contribution in [-0.2, 0) is 0 Å². The molecule has 0 saturated carbocycles. The molecule has 2 atom stereocenters. The first kappa shape index (κ1) is 23.3. The Hall–Kier alpha value is 0.310. The lowest BCUT2D eigenvalue weighted by atomic mass is 10.1. The van der Waals surface area contributed by atoms with Crippen LogP contribution in [0.2, 0.25) is 0 Å². The summed E-state index contributed by atoms with van der Waals surface area (Å²) in [6.45, 7) is 6.52. The lowest BCUT2D eigenvalue weighted by molar-refractivity contribution is 0.186. The molecule has 0 aromatic heterocycles. The molecule has 2 unspecified atom stereocenters. The van der Waals surface area contributed by atoms with E-state index in [2.05, 4.69) is 13.8 Å². The molecule has 0 heterocycles. The molecule has 0 aromatic carbocycles. The smallest absolute Gasteiger partial charge is 0.0630 e. The topological polar surface area (TPSA) is 20.2 Å². The molecule has 0 amide bonds. The Morgan fingerprint density at radius 1 is 0.652 bits per heavy atom. The van der Waals surface area contributed by atoms with Crippen molar-refractivity contribution >= 4 is 11.8 Å². The molecule has 0 radical (unpaired) electrons. The van der Waals surface area contributed by atoms with E-state index >= 15 is 0 Å². The predicted molar refractivity (Wildman–Crippen MR) is 109 cm³/mol. The second-order valence-corrected chi connectivity index (χ2v) is 8.53. The lowest BCUT2D eigenvalue weighted by Crippen LogP contribution is -2.19. The number of unbranched alkanes of at least 4 members (excludes halogenated alkanes) is 12. The van der Waals surface area contributed by atoms with Gasteiger partial charge in [-0.25, -0.2) is 0 Å². The molecule has 23 heavy (non-hydrogen) atoms. The minimum absolute atomic E-state index is 0.148. The molecule has 1 nitrogen and oxygen atoms in total. The monoisotopic (exact) mass is 344 g/mol. The molecular weight excluding hydrogens is 300 g/mol. The van der Waals surface area contributed by atoms with Crippen molar-refractivity contribution in [1.29, 1.82) is 0 Å². The summed E-state index contributed by atoms with van der Waals surface area (Å²) in [5.74, 6) is 1.24. The van der Waals surface area contributed by atoms with Crippen LogP contribution in [0.1, 0.15) is 117 Å². The van der Waals surface area contributed by atoms with Crippen LogP contribution in [0.15, 0.2) is 0 Å². The fourth-order valence-electron chi connectivity index (χ4n) is 3.06. The van der Waals surface area contributed by atoms with Crippen LogP contribution in [-0.4, -0.2) is 22.2 Å². The molecule has 0 rings (SSSR count). The van der Waals surface area contributed by atoms with Gasteiger partial charge >= 0.3 is 0 Å². The largest absolute Gasteiger partial charge is 0.392 e. The second kappa shape index (κ2) is 18.6. The maximum atomic E-state index is 9.94. The Morgan fingerprint density at radius 3 is 1.57 bits per heavy atom. The van der Waals surface area contributed by atoms with E-state index in [1.165, 1.54) is 102 Å². The van der Waals surface area contributed by atoms with E-state index in [1.54, 1.807) is 0 Å². The van der Waals surface area contributed by atoms with Gasteiger partial charge in [-0.15, -0.1) is 0 Å². The maximum absolute atomic E-state index is 9.94. The first-order valence-electron chi connectivity index (χ1n) is 10.5. The molecule has 140 valence electrons. The van der Waals surface area contributed by atoms with Gasteiger partial charge in [0.2, 0.25) is 0 Å². The van der Waals surface area contributed by atoms with E-state index in [0.29, 0.717) is 5.25 Å². The molecule has 0 spiro atoms. The highest BCUT2D eigenvalue weighted by Gasteiger charge is 2.14. The third-order valence-corrected chi connectivity index (χ3v) is 6.29. The molecule has 0 bridgehead atoms. The van der Waals surface area contributed by atoms with Gasteiger partial charge in [-0.1, -0.05) is 97.3 Å². The van der Waals surface area contributed by atoms with Crippen molar-refractivity contribution in [3.63, 3.8) is 0 Å². The van der Waals surface area contributed by atoms with Crippen LogP contribution in [0.4, 0.5) is 0 Å². The summed E-state index contributed by atoms with van der Waals surface area (Å²) in [5.41, 5.74) is 0. The Bertz CT molecular complexity index is 218. The third kappa shape index (κ3) is 16.9. The average Bonchev–Trinajstić information content (AvgIpc) is 2.54. The van der Waals surface area contributed by atoms with Crippen LogP contribution in [0, 0.1) is 0 Å². The Labute approximate surface area is 151 Å². The van der Waals surface area contributed by atoms with Crippen LogP contribution >= 0.6 is 11.8 Å². The van der Waals surface area contributed by atoms with Crippen molar-refractivity contribution in [2.75, 3.05) is 5.75 Å². The Kier molecular flexibility index (Phi) is 18.9. The summed E-state index contributed by atoms with van der Waals surface area (Å²) in [5, 5.41) is 10.4. The summed E-state index contributed by atoms with van der Waals surface area (Å²) in [6, 6.07) is 0. The van der Waals surface area contributed by atoms with Gasteiger partial charge < -0.3 is 5.11 Å². The van der Waals surface area contributed by atoms with Gasteiger partial charge in [0.05, 0.1) is 6.10 Å². The van der Waals surface area contributed by atoms with Crippen molar-refractivity contribution in [2.24, 2.45) is 0 Å². The van der Waals surface area contributed by atoms with Crippen molar-refractivity contribution in [3.8, 4) is 0 Å². The summed E-state index contributed by atoms with van der Waals surface area (Å²) in [7, 11) is 0. The van der Waals surface area contributed by atoms with Gasteiger partial charge in [0, 0.05) is 5.25 Å². The second-order valence-electron chi connectivity index (χ2n) is 7.18. The van der Waals surface area contributed by atoms with Gasteiger partial charge in [-0.3, -0.25) is 0 Å². The Balaban J connectivity index is 3.43. The van der Waals surface area contributed by atoms with Gasteiger partial charge in [-0.05, 0) is 25.5 Å². The minimum atomic E-state index is -0.148. The molecule has 0 aliphatic heterocycles. The van der Waals surface area contributed by atoms with E-state index < -0.39 is 0 Å². The van der Waals surface area contributed by atoms with E-state index in [4.69, 9.17) is 0 Å². The zero-order valence-corrected chi connectivity index (χ0v) is 17.1. The number of aliphatic hydroxyl groups excluding tert-OH is 1. The number of thioether (sulfide) groups is 1. The fraction of sp³-hybridized carbons (Fsp3) is 1.00. The molecule has 0 saturated heterocycles.